The minimum absolute atomic E-state index is 0.740. The molecule has 2 atom stereocenters. The minimum Gasteiger partial charge on any atom is -0.378 e. The Morgan fingerprint density at radius 1 is 1.22 bits per heavy atom. The largest absolute Gasteiger partial charge is 0.378 e. The van der Waals surface area contributed by atoms with Crippen molar-refractivity contribution in [1.29, 1.82) is 0 Å². The molecule has 0 amide bonds. The summed E-state index contributed by atoms with van der Waals surface area (Å²) in [7, 11) is 2.21. The van der Waals surface area contributed by atoms with E-state index in [1.54, 1.807) is 0 Å². The van der Waals surface area contributed by atoms with E-state index in [-0.39, 0.29) is 0 Å². The van der Waals surface area contributed by atoms with Gasteiger partial charge in [0, 0.05) is 12.1 Å². The lowest BCUT2D eigenvalue weighted by Gasteiger charge is -2.30. The second kappa shape index (κ2) is 1.96. The molecule has 2 fully saturated rings. The van der Waals surface area contributed by atoms with Gasteiger partial charge in [-0.1, -0.05) is 0 Å². The van der Waals surface area contributed by atoms with Crippen LogP contribution in [0.15, 0.2) is 0 Å². The summed E-state index contributed by atoms with van der Waals surface area (Å²) in [6.07, 6.45) is 2.70. The molecule has 2 bridgehead atoms. The van der Waals surface area contributed by atoms with E-state index in [0.29, 0.717) is 0 Å². The lowest BCUT2D eigenvalue weighted by molar-refractivity contribution is -0.000705. The van der Waals surface area contributed by atoms with Gasteiger partial charge in [0.15, 0.2) is 0 Å². The van der Waals surface area contributed by atoms with Gasteiger partial charge in [-0.2, -0.15) is 0 Å². The van der Waals surface area contributed by atoms with Gasteiger partial charge in [0.2, 0.25) is 0 Å². The number of morpholine rings is 1. The molecule has 0 radical (unpaired) electrons. The fourth-order valence-electron chi connectivity index (χ4n) is 1.83. The molecule has 0 aromatic carbocycles. The van der Waals surface area contributed by atoms with Crippen molar-refractivity contribution in [3.05, 3.63) is 0 Å². The van der Waals surface area contributed by atoms with Crippen molar-refractivity contribution in [2.45, 2.75) is 24.9 Å². The summed E-state index contributed by atoms with van der Waals surface area (Å²) in [4.78, 5) is 2.46. The molecule has 2 rings (SSSR count). The Labute approximate surface area is 55.8 Å². The van der Waals surface area contributed by atoms with Gasteiger partial charge in [-0.05, 0) is 19.9 Å². The summed E-state index contributed by atoms with van der Waals surface area (Å²) >= 11 is 0. The second-order valence-corrected chi connectivity index (χ2v) is 3.09. The van der Waals surface area contributed by atoms with Crippen molar-refractivity contribution >= 4 is 0 Å². The highest BCUT2D eigenvalue weighted by atomic mass is 16.5. The summed E-state index contributed by atoms with van der Waals surface area (Å²) in [6, 6.07) is 1.48. The number of fused-ring (bicyclic) bond motifs is 2. The number of rotatable bonds is 0. The number of hydrogen-bond donors (Lipinski definition) is 0. The van der Waals surface area contributed by atoms with E-state index < -0.39 is 0 Å². The molecule has 0 spiro atoms. The lowest BCUT2D eigenvalue weighted by Crippen LogP contribution is -2.42. The number of nitrogens with zero attached hydrogens (tertiary/aromatic N) is 1. The first-order valence-electron chi connectivity index (χ1n) is 3.67. The van der Waals surface area contributed by atoms with Gasteiger partial charge in [0.25, 0.3) is 0 Å². The molecule has 2 nitrogen and oxygen atoms in total. The Morgan fingerprint density at radius 2 is 1.78 bits per heavy atom. The summed E-state index contributed by atoms with van der Waals surface area (Å²) < 4.78 is 5.39. The van der Waals surface area contributed by atoms with Crippen molar-refractivity contribution in [3.63, 3.8) is 0 Å². The third-order valence-corrected chi connectivity index (χ3v) is 2.61. The Balaban J connectivity index is 2.10. The third kappa shape index (κ3) is 0.775. The Hall–Kier alpha value is -0.0800. The normalized spacial score (nSPS) is 43.7. The molecular weight excluding hydrogens is 114 g/mol. The molecule has 2 unspecified atom stereocenters. The van der Waals surface area contributed by atoms with E-state index in [4.69, 9.17) is 4.74 Å². The maximum Gasteiger partial charge on any atom is 0.0622 e. The first-order valence-corrected chi connectivity index (χ1v) is 3.67. The van der Waals surface area contributed by atoms with E-state index in [0.717, 1.165) is 25.3 Å². The van der Waals surface area contributed by atoms with Crippen molar-refractivity contribution in [1.82, 2.24) is 4.90 Å². The number of ether oxygens (including phenoxy) is 1. The Morgan fingerprint density at radius 3 is 2.22 bits per heavy atom. The Kier molecular flexibility index (Phi) is 1.24. The third-order valence-electron chi connectivity index (χ3n) is 2.61. The number of likely N-dealkylation sites (N-methyl/N-ethyl adjacent to an activating group) is 1. The predicted octanol–water partition coefficient (Wildman–Crippen LogP) is 0.479. The van der Waals surface area contributed by atoms with Crippen LogP contribution in [0.5, 0.6) is 0 Å². The quantitative estimate of drug-likeness (QED) is 0.469. The van der Waals surface area contributed by atoms with Gasteiger partial charge in [-0.25, -0.2) is 0 Å². The van der Waals surface area contributed by atoms with Gasteiger partial charge in [-0.3, -0.25) is 4.90 Å². The molecule has 0 aromatic rings. The molecule has 2 aliphatic heterocycles. The zero-order chi connectivity index (χ0) is 6.27. The van der Waals surface area contributed by atoms with Crippen molar-refractivity contribution in [2.75, 3.05) is 20.3 Å². The van der Waals surface area contributed by atoms with Crippen LogP contribution < -0.4 is 0 Å². The highest BCUT2D eigenvalue weighted by Crippen LogP contribution is 2.26. The van der Waals surface area contributed by atoms with Gasteiger partial charge in [0.05, 0.1) is 13.2 Å². The zero-order valence-electron chi connectivity index (χ0n) is 5.84. The lowest BCUT2D eigenvalue weighted by atomic mass is 10.2. The Bertz CT molecular complexity index is 99.5. The van der Waals surface area contributed by atoms with Crippen LogP contribution >= 0.6 is 0 Å². The molecule has 2 heterocycles. The molecule has 2 aliphatic rings. The number of hydrogen-bond acceptors (Lipinski definition) is 2. The van der Waals surface area contributed by atoms with Crippen LogP contribution in [0.25, 0.3) is 0 Å². The first-order chi connectivity index (χ1) is 4.38. The van der Waals surface area contributed by atoms with Crippen LogP contribution in [-0.4, -0.2) is 37.2 Å². The summed E-state index contributed by atoms with van der Waals surface area (Å²) in [5, 5.41) is 0. The minimum atomic E-state index is 0.740. The second-order valence-electron chi connectivity index (χ2n) is 3.09. The van der Waals surface area contributed by atoms with Crippen molar-refractivity contribution in [3.8, 4) is 0 Å². The molecule has 2 saturated heterocycles. The maximum atomic E-state index is 5.39. The topological polar surface area (TPSA) is 12.5 Å². The van der Waals surface area contributed by atoms with Gasteiger partial charge < -0.3 is 4.74 Å². The fraction of sp³-hybridized carbons (Fsp3) is 1.00. The zero-order valence-corrected chi connectivity index (χ0v) is 5.84. The first kappa shape index (κ1) is 5.69. The van der Waals surface area contributed by atoms with Gasteiger partial charge >= 0.3 is 0 Å². The van der Waals surface area contributed by atoms with Crippen molar-refractivity contribution in [2.24, 2.45) is 0 Å². The van der Waals surface area contributed by atoms with Crippen LogP contribution in [-0.2, 0) is 4.74 Å². The van der Waals surface area contributed by atoms with Gasteiger partial charge in [0.1, 0.15) is 0 Å². The molecule has 0 N–H and O–H groups in total. The molecule has 0 aromatic heterocycles. The molecule has 52 valence electrons. The van der Waals surface area contributed by atoms with Crippen LogP contribution in [0.4, 0.5) is 0 Å². The van der Waals surface area contributed by atoms with Crippen LogP contribution in [0.1, 0.15) is 12.8 Å². The van der Waals surface area contributed by atoms with E-state index in [9.17, 15) is 0 Å². The SMILES string of the molecule is CN1C2CCC1COC2. The average molecular weight is 127 g/mol. The summed E-state index contributed by atoms with van der Waals surface area (Å²) in [5.74, 6) is 0. The van der Waals surface area contributed by atoms with E-state index in [1.807, 2.05) is 0 Å². The molecule has 2 heteroatoms. The van der Waals surface area contributed by atoms with Crippen LogP contribution in [0.3, 0.4) is 0 Å². The standard InChI is InChI=1S/C7H13NO/c1-8-6-2-3-7(8)5-9-4-6/h6-7H,2-5H2,1H3. The monoisotopic (exact) mass is 127 g/mol. The molecule has 0 saturated carbocycles. The van der Waals surface area contributed by atoms with E-state index in [1.165, 1.54) is 12.8 Å². The van der Waals surface area contributed by atoms with Gasteiger partial charge in [-0.15, -0.1) is 0 Å². The van der Waals surface area contributed by atoms with E-state index >= 15 is 0 Å². The fourth-order valence-corrected chi connectivity index (χ4v) is 1.83. The highest BCUT2D eigenvalue weighted by Gasteiger charge is 2.33. The molecule has 9 heavy (non-hydrogen) atoms. The van der Waals surface area contributed by atoms with Crippen molar-refractivity contribution < 1.29 is 4.74 Å². The smallest absolute Gasteiger partial charge is 0.0622 e. The summed E-state index contributed by atoms with van der Waals surface area (Å²) in [5.41, 5.74) is 0. The van der Waals surface area contributed by atoms with E-state index in [2.05, 4.69) is 11.9 Å². The molecule has 0 aliphatic carbocycles. The van der Waals surface area contributed by atoms with Crippen LogP contribution in [0, 0.1) is 0 Å². The molecular formula is C7H13NO. The summed E-state index contributed by atoms with van der Waals surface area (Å²) in [6.45, 7) is 1.93. The highest BCUT2D eigenvalue weighted by molar-refractivity contribution is 4.88. The van der Waals surface area contributed by atoms with Crippen LogP contribution in [0.2, 0.25) is 0 Å². The average Bonchev–Trinajstić information content (AvgIpc) is 2.19. The predicted molar refractivity (Wildman–Crippen MR) is 35.4 cm³/mol. The maximum absolute atomic E-state index is 5.39.